The Morgan fingerprint density at radius 2 is 1.68 bits per heavy atom. The van der Waals surface area contributed by atoms with Crippen molar-refractivity contribution in [3.63, 3.8) is 0 Å². The molecule has 5 heteroatoms. The predicted molar refractivity (Wildman–Crippen MR) is 101 cm³/mol. The molecular formula is C20H16ClNO2S. The van der Waals surface area contributed by atoms with Crippen molar-refractivity contribution >= 4 is 34.5 Å². The lowest BCUT2D eigenvalue weighted by atomic mass is 10.0. The quantitative estimate of drug-likeness (QED) is 0.573. The number of carbonyl (C=O) groups is 2. The Balaban J connectivity index is 1.69. The summed E-state index contributed by atoms with van der Waals surface area (Å²) in [5, 5.41) is 3.41. The molecule has 0 aliphatic heterocycles. The molecule has 0 saturated heterocycles. The standard InChI is InChI=1S/C20H16ClNO2S/c1-13(23)10-14-2-4-16(5-3-14)19(24)11-20-22-18(12-25-20)15-6-8-17(21)9-7-15/h2-9,12H,10-11H2,1H3. The first-order chi connectivity index (χ1) is 12.0. The maximum atomic E-state index is 12.4. The topological polar surface area (TPSA) is 47.0 Å². The lowest BCUT2D eigenvalue weighted by molar-refractivity contribution is -0.116. The van der Waals surface area contributed by atoms with E-state index in [2.05, 4.69) is 4.98 Å². The number of ketones is 2. The summed E-state index contributed by atoms with van der Waals surface area (Å²) >= 11 is 7.37. The number of hydrogen-bond acceptors (Lipinski definition) is 4. The fourth-order valence-electron chi connectivity index (χ4n) is 2.48. The minimum Gasteiger partial charge on any atom is -0.300 e. The lowest BCUT2D eigenvalue weighted by Crippen LogP contribution is -2.04. The Bertz CT molecular complexity index is 898. The molecule has 0 saturated carbocycles. The van der Waals surface area contributed by atoms with Crippen molar-refractivity contribution in [1.29, 1.82) is 0 Å². The van der Waals surface area contributed by atoms with Gasteiger partial charge >= 0.3 is 0 Å². The summed E-state index contributed by atoms with van der Waals surface area (Å²) < 4.78 is 0. The van der Waals surface area contributed by atoms with Crippen molar-refractivity contribution in [1.82, 2.24) is 4.98 Å². The third-order valence-electron chi connectivity index (χ3n) is 3.73. The molecule has 2 aromatic carbocycles. The highest BCUT2D eigenvalue weighted by Gasteiger charge is 2.11. The van der Waals surface area contributed by atoms with Gasteiger partial charge in [-0.2, -0.15) is 0 Å². The van der Waals surface area contributed by atoms with Gasteiger partial charge in [0.2, 0.25) is 0 Å². The molecular weight excluding hydrogens is 354 g/mol. The van der Waals surface area contributed by atoms with E-state index in [1.807, 2.05) is 41.8 Å². The van der Waals surface area contributed by atoms with Crippen molar-refractivity contribution < 1.29 is 9.59 Å². The number of halogens is 1. The number of Topliss-reactive ketones (excluding diaryl/α,β-unsaturated/α-hetero) is 2. The number of nitrogens with zero attached hydrogens (tertiary/aromatic N) is 1. The highest BCUT2D eigenvalue weighted by Crippen LogP contribution is 2.24. The normalized spacial score (nSPS) is 10.6. The molecule has 0 unspecified atom stereocenters. The van der Waals surface area contributed by atoms with E-state index < -0.39 is 0 Å². The van der Waals surface area contributed by atoms with Crippen LogP contribution >= 0.6 is 22.9 Å². The summed E-state index contributed by atoms with van der Waals surface area (Å²) in [4.78, 5) is 28.1. The van der Waals surface area contributed by atoms with Gasteiger partial charge in [0.15, 0.2) is 5.78 Å². The highest BCUT2D eigenvalue weighted by atomic mass is 35.5. The smallest absolute Gasteiger partial charge is 0.169 e. The van der Waals surface area contributed by atoms with Crippen LogP contribution in [0.25, 0.3) is 11.3 Å². The first-order valence-electron chi connectivity index (χ1n) is 7.83. The van der Waals surface area contributed by atoms with Crippen molar-refractivity contribution in [2.45, 2.75) is 19.8 Å². The molecule has 3 nitrogen and oxygen atoms in total. The van der Waals surface area contributed by atoms with Gasteiger partial charge in [0.05, 0.1) is 12.1 Å². The molecule has 0 spiro atoms. The molecule has 0 N–H and O–H groups in total. The summed E-state index contributed by atoms with van der Waals surface area (Å²) in [5.74, 6) is 0.128. The Morgan fingerprint density at radius 1 is 1.00 bits per heavy atom. The fourth-order valence-corrected chi connectivity index (χ4v) is 3.41. The van der Waals surface area contributed by atoms with Crippen LogP contribution in [0.15, 0.2) is 53.9 Å². The third kappa shape index (κ3) is 4.62. The molecule has 0 amide bonds. The van der Waals surface area contributed by atoms with Crippen LogP contribution in [0.3, 0.4) is 0 Å². The van der Waals surface area contributed by atoms with Crippen molar-refractivity contribution in [3.8, 4) is 11.3 Å². The fraction of sp³-hybridized carbons (Fsp3) is 0.150. The zero-order valence-electron chi connectivity index (χ0n) is 13.7. The average Bonchev–Trinajstić information content (AvgIpc) is 3.04. The summed E-state index contributed by atoms with van der Waals surface area (Å²) in [6, 6.07) is 14.7. The molecule has 0 aliphatic rings. The first kappa shape index (κ1) is 17.5. The van der Waals surface area contributed by atoms with Gasteiger partial charge in [-0.25, -0.2) is 4.98 Å². The second-order valence-electron chi connectivity index (χ2n) is 5.81. The minimum atomic E-state index is 0.0198. The molecule has 3 aromatic rings. The van der Waals surface area contributed by atoms with E-state index in [-0.39, 0.29) is 18.0 Å². The Labute approximate surface area is 155 Å². The van der Waals surface area contributed by atoms with Crippen LogP contribution in [0.1, 0.15) is 27.9 Å². The molecule has 1 heterocycles. The molecule has 25 heavy (non-hydrogen) atoms. The first-order valence-corrected chi connectivity index (χ1v) is 9.09. The third-order valence-corrected chi connectivity index (χ3v) is 4.83. The number of thiazole rings is 1. The molecule has 0 atom stereocenters. The lowest BCUT2D eigenvalue weighted by Gasteiger charge is -2.02. The van der Waals surface area contributed by atoms with Crippen LogP contribution in [0, 0.1) is 0 Å². The van der Waals surface area contributed by atoms with Crippen LogP contribution in [-0.4, -0.2) is 16.6 Å². The predicted octanol–water partition coefficient (Wildman–Crippen LogP) is 5.02. The van der Waals surface area contributed by atoms with E-state index in [9.17, 15) is 9.59 Å². The summed E-state index contributed by atoms with van der Waals surface area (Å²) in [6.07, 6.45) is 0.662. The van der Waals surface area contributed by atoms with E-state index in [0.717, 1.165) is 21.8 Å². The zero-order valence-corrected chi connectivity index (χ0v) is 15.2. The summed E-state index contributed by atoms with van der Waals surface area (Å²) in [5.41, 5.74) is 3.38. The van der Waals surface area contributed by atoms with Gasteiger partial charge in [0.1, 0.15) is 10.8 Å². The van der Waals surface area contributed by atoms with E-state index in [1.165, 1.54) is 11.3 Å². The molecule has 0 fully saturated rings. The number of aromatic nitrogens is 1. The number of carbonyl (C=O) groups excluding carboxylic acids is 2. The van der Waals surface area contributed by atoms with Crippen LogP contribution in [0.2, 0.25) is 5.02 Å². The van der Waals surface area contributed by atoms with E-state index in [4.69, 9.17) is 11.6 Å². The molecule has 3 rings (SSSR count). The molecule has 0 bridgehead atoms. The van der Waals surface area contributed by atoms with E-state index in [0.29, 0.717) is 17.0 Å². The van der Waals surface area contributed by atoms with Crippen LogP contribution in [0.5, 0.6) is 0 Å². The number of hydrogen-bond donors (Lipinski definition) is 0. The van der Waals surface area contributed by atoms with Gasteiger partial charge in [-0.15, -0.1) is 11.3 Å². The van der Waals surface area contributed by atoms with Crippen LogP contribution in [0.4, 0.5) is 0 Å². The van der Waals surface area contributed by atoms with Gasteiger partial charge in [-0.3, -0.25) is 9.59 Å². The SMILES string of the molecule is CC(=O)Cc1ccc(C(=O)Cc2nc(-c3ccc(Cl)cc3)cs2)cc1. The van der Waals surface area contributed by atoms with Crippen molar-refractivity contribution in [2.75, 3.05) is 0 Å². The minimum absolute atomic E-state index is 0.0198. The Morgan fingerprint density at radius 3 is 2.32 bits per heavy atom. The molecule has 126 valence electrons. The van der Waals surface area contributed by atoms with E-state index in [1.54, 1.807) is 19.1 Å². The van der Waals surface area contributed by atoms with Gasteiger partial charge in [-0.1, -0.05) is 48.0 Å². The van der Waals surface area contributed by atoms with Crippen molar-refractivity contribution in [2.24, 2.45) is 0 Å². The summed E-state index contributed by atoms with van der Waals surface area (Å²) in [6.45, 7) is 1.56. The Hall–Kier alpha value is -2.30. The maximum Gasteiger partial charge on any atom is 0.169 e. The van der Waals surface area contributed by atoms with Crippen LogP contribution in [-0.2, 0) is 17.6 Å². The van der Waals surface area contributed by atoms with Gasteiger partial charge in [0.25, 0.3) is 0 Å². The second-order valence-corrected chi connectivity index (χ2v) is 7.19. The Kier molecular flexibility index (Phi) is 5.41. The van der Waals surface area contributed by atoms with Gasteiger partial charge in [0, 0.05) is 28.0 Å². The maximum absolute atomic E-state index is 12.4. The van der Waals surface area contributed by atoms with Gasteiger partial charge in [-0.05, 0) is 24.6 Å². The summed E-state index contributed by atoms with van der Waals surface area (Å²) in [7, 11) is 0. The largest absolute Gasteiger partial charge is 0.300 e. The molecule has 1 aromatic heterocycles. The average molecular weight is 370 g/mol. The monoisotopic (exact) mass is 369 g/mol. The highest BCUT2D eigenvalue weighted by molar-refractivity contribution is 7.10. The van der Waals surface area contributed by atoms with E-state index >= 15 is 0 Å². The van der Waals surface area contributed by atoms with Crippen molar-refractivity contribution in [3.05, 3.63) is 75.1 Å². The molecule has 0 aliphatic carbocycles. The zero-order chi connectivity index (χ0) is 17.8. The number of benzene rings is 2. The molecule has 0 radical (unpaired) electrons. The second kappa shape index (κ2) is 7.72. The van der Waals surface area contributed by atoms with Crippen LogP contribution < -0.4 is 0 Å². The number of rotatable bonds is 6. The van der Waals surface area contributed by atoms with Gasteiger partial charge < -0.3 is 0 Å².